The van der Waals surface area contributed by atoms with Crippen LogP contribution in [0.5, 0.6) is 0 Å². The first kappa shape index (κ1) is 17.4. The Morgan fingerprint density at radius 3 is 2.00 bits per heavy atom. The number of carbonyl (C=O) groups excluding carboxylic acids is 1. The van der Waals surface area contributed by atoms with Crippen molar-refractivity contribution in [3.63, 3.8) is 0 Å². The van der Waals surface area contributed by atoms with E-state index in [1.165, 1.54) is 0 Å². The fraction of sp³-hybridized carbons (Fsp3) is 0.923. The van der Waals surface area contributed by atoms with Crippen molar-refractivity contribution in [2.45, 2.75) is 33.1 Å². The molecular formula is C13H30N4O. The van der Waals surface area contributed by atoms with Gasteiger partial charge in [0.2, 0.25) is 5.91 Å². The first-order valence-electron chi connectivity index (χ1n) is 7.02. The minimum absolute atomic E-state index is 0.0654. The van der Waals surface area contributed by atoms with Gasteiger partial charge in [-0.1, -0.05) is 13.8 Å². The average molecular weight is 258 g/mol. The van der Waals surface area contributed by atoms with Gasteiger partial charge in [-0.2, -0.15) is 0 Å². The number of carbonyl (C=O) groups is 1. The Morgan fingerprint density at radius 1 is 1.06 bits per heavy atom. The number of hydrogen-bond donors (Lipinski definition) is 3. The zero-order valence-electron chi connectivity index (χ0n) is 12.0. The van der Waals surface area contributed by atoms with Crippen LogP contribution in [0.25, 0.3) is 0 Å². The molecular weight excluding hydrogens is 228 g/mol. The van der Waals surface area contributed by atoms with Crippen LogP contribution < -0.4 is 16.8 Å². The zero-order chi connectivity index (χ0) is 13.8. The second-order valence-electron chi connectivity index (χ2n) is 4.93. The molecule has 0 aromatic heterocycles. The highest BCUT2D eigenvalue weighted by Gasteiger charge is 2.06. The molecule has 0 saturated heterocycles. The van der Waals surface area contributed by atoms with Crippen LogP contribution in [0.4, 0.5) is 0 Å². The molecule has 0 heterocycles. The molecule has 0 saturated carbocycles. The maximum Gasteiger partial charge on any atom is 0.222 e. The summed E-state index contributed by atoms with van der Waals surface area (Å²) in [4.78, 5) is 13.8. The molecule has 0 aliphatic rings. The molecule has 0 radical (unpaired) electrons. The Balaban J connectivity index is 3.70. The molecule has 0 fully saturated rings. The number of hydrogen-bond acceptors (Lipinski definition) is 4. The molecule has 5 N–H and O–H groups in total. The number of nitrogens with one attached hydrogen (secondary N) is 1. The maximum atomic E-state index is 11.4. The van der Waals surface area contributed by atoms with Gasteiger partial charge < -0.3 is 21.7 Å². The van der Waals surface area contributed by atoms with E-state index in [1.54, 1.807) is 0 Å². The van der Waals surface area contributed by atoms with Gasteiger partial charge in [0.05, 0.1) is 0 Å². The second-order valence-corrected chi connectivity index (χ2v) is 4.93. The van der Waals surface area contributed by atoms with Crippen molar-refractivity contribution >= 4 is 5.91 Å². The van der Waals surface area contributed by atoms with E-state index in [1.807, 2.05) is 13.8 Å². The summed E-state index contributed by atoms with van der Waals surface area (Å²) in [6.07, 6.45) is 3.01. The minimum Gasteiger partial charge on any atom is -0.356 e. The highest BCUT2D eigenvalue weighted by Crippen LogP contribution is 1.96. The van der Waals surface area contributed by atoms with Crippen molar-refractivity contribution in [3.05, 3.63) is 0 Å². The Morgan fingerprint density at radius 2 is 1.56 bits per heavy atom. The van der Waals surface area contributed by atoms with Crippen LogP contribution in [0, 0.1) is 5.92 Å². The molecule has 5 heteroatoms. The minimum atomic E-state index is 0.0654. The predicted octanol–water partition coefficient (Wildman–Crippen LogP) is 0.148. The summed E-state index contributed by atoms with van der Waals surface area (Å²) in [5.41, 5.74) is 11.0. The van der Waals surface area contributed by atoms with Gasteiger partial charge in [0.15, 0.2) is 0 Å². The molecule has 1 amide bonds. The molecule has 0 rings (SSSR count). The highest BCUT2D eigenvalue weighted by molar-refractivity contribution is 5.77. The van der Waals surface area contributed by atoms with E-state index in [9.17, 15) is 4.79 Å². The fourth-order valence-electron chi connectivity index (χ4n) is 1.68. The molecule has 0 aromatic carbocycles. The van der Waals surface area contributed by atoms with E-state index < -0.39 is 0 Å². The maximum absolute atomic E-state index is 11.4. The third kappa shape index (κ3) is 9.39. The van der Waals surface area contributed by atoms with E-state index in [4.69, 9.17) is 11.5 Å². The lowest BCUT2D eigenvalue weighted by Gasteiger charge is -2.21. The molecule has 0 bridgehead atoms. The van der Waals surface area contributed by atoms with Crippen LogP contribution in [0.2, 0.25) is 0 Å². The lowest BCUT2D eigenvalue weighted by atomic mass is 10.2. The van der Waals surface area contributed by atoms with E-state index in [-0.39, 0.29) is 11.8 Å². The molecule has 0 aromatic rings. The monoisotopic (exact) mass is 258 g/mol. The summed E-state index contributed by atoms with van der Waals surface area (Å²) >= 11 is 0. The second kappa shape index (κ2) is 11.4. The lowest BCUT2D eigenvalue weighted by molar-refractivity contribution is -0.123. The largest absolute Gasteiger partial charge is 0.356 e. The van der Waals surface area contributed by atoms with Gasteiger partial charge in [0.25, 0.3) is 0 Å². The summed E-state index contributed by atoms with van der Waals surface area (Å²) in [5, 5.41) is 2.93. The van der Waals surface area contributed by atoms with Gasteiger partial charge in [-0.3, -0.25) is 4.79 Å². The quantitative estimate of drug-likeness (QED) is 0.461. The summed E-state index contributed by atoms with van der Waals surface area (Å²) in [6.45, 7) is 9.06. The number of amides is 1. The van der Waals surface area contributed by atoms with Crippen molar-refractivity contribution in [1.29, 1.82) is 0 Å². The topological polar surface area (TPSA) is 84.4 Å². The number of rotatable bonds is 11. The van der Waals surface area contributed by atoms with Crippen LogP contribution in [-0.2, 0) is 4.79 Å². The molecule has 0 aliphatic carbocycles. The van der Waals surface area contributed by atoms with Crippen LogP contribution in [0.1, 0.15) is 33.1 Å². The van der Waals surface area contributed by atoms with Crippen molar-refractivity contribution < 1.29 is 4.79 Å². The molecule has 0 spiro atoms. The first-order chi connectivity index (χ1) is 8.61. The third-order valence-corrected chi connectivity index (χ3v) is 2.83. The molecule has 108 valence electrons. The van der Waals surface area contributed by atoms with Gasteiger partial charge in [-0.25, -0.2) is 0 Å². The normalized spacial score (nSPS) is 11.2. The Labute approximate surface area is 111 Å². The Bertz CT molecular complexity index is 201. The van der Waals surface area contributed by atoms with Crippen LogP contribution in [-0.4, -0.2) is 50.1 Å². The van der Waals surface area contributed by atoms with E-state index in [0.29, 0.717) is 0 Å². The van der Waals surface area contributed by atoms with Gasteiger partial charge in [0.1, 0.15) is 0 Å². The Hall–Kier alpha value is -0.650. The highest BCUT2D eigenvalue weighted by atomic mass is 16.1. The van der Waals surface area contributed by atoms with Crippen LogP contribution in [0.15, 0.2) is 0 Å². The first-order valence-corrected chi connectivity index (χ1v) is 7.02. The number of nitrogens with two attached hydrogens (primary N) is 2. The third-order valence-electron chi connectivity index (χ3n) is 2.83. The number of nitrogens with zero attached hydrogens (tertiary/aromatic N) is 1. The standard InChI is InChI=1S/C13H30N4O/c1-12(2)13(18)16-8-5-11-17(9-3-6-14)10-4-7-15/h12H,3-11,14-15H2,1-2H3,(H,16,18). The Kier molecular flexibility index (Phi) is 11.0. The molecule has 0 atom stereocenters. The van der Waals surface area contributed by atoms with Crippen LogP contribution in [0.3, 0.4) is 0 Å². The molecule has 0 unspecified atom stereocenters. The molecule has 0 aliphatic heterocycles. The lowest BCUT2D eigenvalue weighted by Crippen LogP contribution is -2.33. The molecule has 18 heavy (non-hydrogen) atoms. The molecule has 5 nitrogen and oxygen atoms in total. The zero-order valence-corrected chi connectivity index (χ0v) is 12.0. The fourth-order valence-corrected chi connectivity index (χ4v) is 1.68. The summed E-state index contributed by atoms with van der Waals surface area (Å²) in [6, 6.07) is 0. The van der Waals surface area contributed by atoms with Crippen molar-refractivity contribution in [1.82, 2.24) is 10.2 Å². The van der Waals surface area contributed by atoms with E-state index >= 15 is 0 Å². The van der Waals surface area contributed by atoms with Gasteiger partial charge in [-0.05, 0) is 52.0 Å². The smallest absolute Gasteiger partial charge is 0.222 e. The van der Waals surface area contributed by atoms with Crippen molar-refractivity contribution in [3.8, 4) is 0 Å². The summed E-state index contributed by atoms with van der Waals surface area (Å²) in [5.74, 6) is 0.195. The van der Waals surface area contributed by atoms with Crippen molar-refractivity contribution in [2.75, 3.05) is 39.3 Å². The predicted molar refractivity (Wildman–Crippen MR) is 76.2 cm³/mol. The van der Waals surface area contributed by atoms with Crippen molar-refractivity contribution in [2.24, 2.45) is 17.4 Å². The van der Waals surface area contributed by atoms with Gasteiger partial charge >= 0.3 is 0 Å². The SMILES string of the molecule is CC(C)C(=O)NCCCN(CCCN)CCCN. The summed E-state index contributed by atoms with van der Waals surface area (Å²) in [7, 11) is 0. The summed E-state index contributed by atoms with van der Waals surface area (Å²) < 4.78 is 0. The van der Waals surface area contributed by atoms with E-state index in [0.717, 1.165) is 58.5 Å². The van der Waals surface area contributed by atoms with E-state index in [2.05, 4.69) is 10.2 Å². The average Bonchev–Trinajstić information content (AvgIpc) is 2.36. The van der Waals surface area contributed by atoms with Gasteiger partial charge in [0, 0.05) is 12.5 Å². The van der Waals surface area contributed by atoms with Gasteiger partial charge in [-0.15, -0.1) is 0 Å². The van der Waals surface area contributed by atoms with Crippen LogP contribution >= 0.6 is 0 Å².